The smallest absolute Gasteiger partial charge is 0.209 e. The van der Waals surface area contributed by atoms with Crippen molar-refractivity contribution < 1.29 is 21.9 Å². The molecule has 3 rings (SSSR count). The third-order valence-electron chi connectivity index (χ3n) is 3.82. The summed E-state index contributed by atoms with van der Waals surface area (Å²) in [6.07, 6.45) is 3.53. The number of ether oxygens (including phenoxy) is 2. The van der Waals surface area contributed by atoms with Gasteiger partial charge in [-0.25, -0.2) is 4.68 Å². The number of hydrogen-bond donors (Lipinski definition) is 1. The van der Waals surface area contributed by atoms with E-state index in [0.717, 1.165) is 39.6 Å². The van der Waals surface area contributed by atoms with E-state index in [1.54, 1.807) is 35.9 Å². The Kier molecular flexibility index (Phi) is 9.65. The van der Waals surface area contributed by atoms with Crippen molar-refractivity contribution in [2.24, 2.45) is 7.05 Å². The van der Waals surface area contributed by atoms with E-state index in [1.807, 2.05) is 31.3 Å². The van der Waals surface area contributed by atoms with Crippen molar-refractivity contribution in [1.29, 1.82) is 0 Å². The minimum absolute atomic E-state index is 0. The largest absolute Gasteiger partial charge is 1.00 e. The Morgan fingerprint density at radius 3 is 2.83 bits per heavy atom. The summed E-state index contributed by atoms with van der Waals surface area (Å²) >= 11 is 5.20. The van der Waals surface area contributed by atoms with Crippen molar-refractivity contribution in [3.63, 3.8) is 0 Å². The molecule has 2 aromatic heterocycles. The molecule has 2 heterocycles. The standard InChI is InChI=1S/C18H21BrN6O2S.ClH/c1-25-18(22-23-24-25)28-7-6-21-11-14-8-15(19)17(16(9-14)26-2)27-12-13-4-3-5-20-10-13;/h3-5,8-10,21H,6-7,11-12H2,1-2H3;1H/p-1. The molecule has 0 saturated heterocycles. The van der Waals surface area contributed by atoms with Gasteiger partial charge in [-0.1, -0.05) is 17.8 Å². The lowest BCUT2D eigenvalue weighted by Gasteiger charge is -2.15. The van der Waals surface area contributed by atoms with Gasteiger partial charge in [0.05, 0.1) is 11.6 Å². The molecular weight excluding hydrogens is 480 g/mol. The summed E-state index contributed by atoms with van der Waals surface area (Å²) in [5.41, 5.74) is 2.10. The van der Waals surface area contributed by atoms with Gasteiger partial charge in [0, 0.05) is 43.8 Å². The number of methoxy groups -OCH3 is 1. The van der Waals surface area contributed by atoms with Gasteiger partial charge in [-0.2, -0.15) is 0 Å². The molecular formula is C18H21BrClN6O2S-. The highest BCUT2D eigenvalue weighted by Gasteiger charge is 2.12. The summed E-state index contributed by atoms with van der Waals surface area (Å²) in [7, 11) is 3.47. The van der Waals surface area contributed by atoms with Crippen LogP contribution in [-0.4, -0.2) is 44.6 Å². The van der Waals surface area contributed by atoms with Gasteiger partial charge in [0.2, 0.25) is 5.16 Å². The van der Waals surface area contributed by atoms with E-state index in [1.165, 1.54) is 0 Å². The van der Waals surface area contributed by atoms with Gasteiger partial charge in [-0.3, -0.25) is 4.98 Å². The lowest BCUT2D eigenvalue weighted by Crippen LogP contribution is -3.00. The molecule has 0 aliphatic carbocycles. The number of nitrogens with one attached hydrogen (secondary N) is 1. The highest BCUT2D eigenvalue weighted by atomic mass is 79.9. The van der Waals surface area contributed by atoms with Crippen molar-refractivity contribution in [1.82, 2.24) is 30.5 Å². The molecule has 1 N–H and O–H groups in total. The fourth-order valence-corrected chi connectivity index (χ4v) is 3.80. The number of rotatable bonds is 10. The minimum Gasteiger partial charge on any atom is -1.00 e. The fraction of sp³-hybridized carbons (Fsp3) is 0.333. The zero-order chi connectivity index (χ0) is 19.8. The van der Waals surface area contributed by atoms with Crippen LogP contribution in [0.25, 0.3) is 0 Å². The summed E-state index contributed by atoms with van der Waals surface area (Å²) in [4.78, 5) is 4.10. The van der Waals surface area contributed by atoms with E-state index in [9.17, 15) is 0 Å². The molecule has 0 unspecified atom stereocenters. The molecule has 0 bridgehead atoms. The Bertz CT molecular complexity index is 899. The monoisotopic (exact) mass is 499 g/mol. The highest BCUT2D eigenvalue weighted by molar-refractivity contribution is 9.10. The molecule has 0 aliphatic heterocycles. The third kappa shape index (κ3) is 6.84. The van der Waals surface area contributed by atoms with Crippen molar-refractivity contribution in [3.8, 4) is 11.5 Å². The van der Waals surface area contributed by atoms with Crippen molar-refractivity contribution in [3.05, 3.63) is 52.3 Å². The molecule has 0 radical (unpaired) electrons. The number of hydrogen-bond acceptors (Lipinski definition) is 8. The molecule has 0 saturated carbocycles. The third-order valence-corrected chi connectivity index (χ3v) is 5.42. The van der Waals surface area contributed by atoms with Crippen LogP contribution in [0, 0.1) is 0 Å². The lowest BCUT2D eigenvalue weighted by molar-refractivity contribution is -0.00000643. The van der Waals surface area contributed by atoms with Gasteiger partial charge in [0.25, 0.3) is 0 Å². The van der Waals surface area contributed by atoms with E-state index in [2.05, 4.69) is 41.8 Å². The van der Waals surface area contributed by atoms with Crippen LogP contribution < -0.4 is 27.2 Å². The molecule has 0 atom stereocenters. The average Bonchev–Trinajstić information content (AvgIpc) is 3.12. The first-order chi connectivity index (χ1) is 13.7. The van der Waals surface area contributed by atoms with Crippen LogP contribution in [-0.2, 0) is 20.2 Å². The van der Waals surface area contributed by atoms with Crippen LogP contribution >= 0.6 is 27.7 Å². The molecule has 156 valence electrons. The first-order valence-corrected chi connectivity index (χ1v) is 10.4. The van der Waals surface area contributed by atoms with Crippen LogP contribution in [0.1, 0.15) is 11.1 Å². The second kappa shape index (κ2) is 12.0. The maximum absolute atomic E-state index is 5.94. The summed E-state index contributed by atoms with van der Waals surface area (Å²) in [6.45, 7) is 1.97. The summed E-state index contributed by atoms with van der Waals surface area (Å²) < 4.78 is 14.0. The number of pyridine rings is 1. The molecule has 0 fully saturated rings. The quantitative estimate of drug-likeness (QED) is 0.304. The van der Waals surface area contributed by atoms with Gasteiger partial charge in [0.1, 0.15) is 6.61 Å². The molecule has 11 heteroatoms. The van der Waals surface area contributed by atoms with Crippen molar-refractivity contribution >= 4 is 27.7 Å². The lowest BCUT2D eigenvalue weighted by atomic mass is 10.2. The number of nitrogens with zero attached hydrogens (tertiary/aromatic N) is 5. The van der Waals surface area contributed by atoms with Crippen LogP contribution in [0.4, 0.5) is 0 Å². The van der Waals surface area contributed by atoms with Gasteiger partial charge in [-0.15, -0.1) is 5.10 Å². The molecule has 29 heavy (non-hydrogen) atoms. The van der Waals surface area contributed by atoms with E-state index < -0.39 is 0 Å². The molecule has 0 amide bonds. The topological polar surface area (TPSA) is 87.0 Å². The molecule has 0 aliphatic rings. The van der Waals surface area contributed by atoms with E-state index in [4.69, 9.17) is 9.47 Å². The second-order valence-corrected chi connectivity index (χ2v) is 7.79. The Morgan fingerprint density at radius 2 is 2.14 bits per heavy atom. The van der Waals surface area contributed by atoms with Gasteiger partial charge < -0.3 is 27.2 Å². The Labute approximate surface area is 188 Å². The molecule has 1 aromatic carbocycles. The summed E-state index contributed by atoms with van der Waals surface area (Å²) in [5, 5.41) is 15.6. The normalized spacial score (nSPS) is 10.4. The van der Waals surface area contributed by atoms with E-state index >= 15 is 0 Å². The number of thioether (sulfide) groups is 1. The van der Waals surface area contributed by atoms with Crippen LogP contribution in [0.15, 0.2) is 46.3 Å². The van der Waals surface area contributed by atoms with E-state index in [0.29, 0.717) is 18.1 Å². The van der Waals surface area contributed by atoms with Gasteiger partial charge in [-0.05, 0) is 50.1 Å². The van der Waals surface area contributed by atoms with Crippen LogP contribution in [0.3, 0.4) is 0 Å². The number of aromatic nitrogens is 5. The Balaban J connectivity index is 0.00000300. The Morgan fingerprint density at radius 1 is 1.28 bits per heavy atom. The predicted octanol–water partition coefficient (Wildman–Crippen LogP) is -0.159. The predicted molar refractivity (Wildman–Crippen MR) is 110 cm³/mol. The second-order valence-electron chi connectivity index (χ2n) is 5.87. The molecule has 8 nitrogen and oxygen atoms in total. The average molecular weight is 501 g/mol. The zero-order valence-corrected chi connectivity index (χ0v) is 19.2. The van der Waals surface area contributed by atoms with Crippen LogP contribution in [0.5, 0.6) is 11.5 Å². The number of halogens is 2. The van der Waals surface area contributed by atoms with E-state index in [-0.39, 0.29) is 12.4 Å². The highest BCUT2D eigenvalue weighted by Crippen LogP contribution is 2.37. The number of aryl methyl sites for hydroxylation is 1. The van der Waals surface area contributed by atoms with Crippen molar-refractivity contribution in [2.45, 2.75) is 18.3 Å². The van der Waals surface area contributed by atoms with Crippen LogP contribution in [0.2, 0.25) is 0 Å². The first-order valence-electron chi connectivity index (χ1n) is 8.61. The fourth-order valence-electron chi connectivity index (χ4n) is 2.45. The summed E-state index contributed by atoms with van der Waals surface area (Å²) in [5.74, 6) is 2.24. The van der Waals surface area contributed by atoms with Gasteiger partial charge >= 0.3 is 0 Å². The number of tetrazole rings is 1. The maximum atomic E-state index is 5.94. The summed E-state index contributed by atoms with van der Waals surface area (Å²) in [6, 6.07) is 7.88. The van der Waals surface area contributed by atoms with Gasteiger partial charge in [0.15, 0.2) is 11.5 Å². The number of benzene rings is 1. The van der Waals surface area contributed by atoms with Crippen molar-refractivity contribution in [2.75, 3.05) is 19.4 Å². The first kappa shape index (κ1) is 23.4. The molecule has 3 aromatic rings. The SMILES string of the molecule is COc1cc(CNCCSc2nnnn2C)cc(Br)c1OCc1cccnc1.[Cl-]. The maximum Gasteiger partial charge on any atom is 0.209 e. The molecule has 0 spiro atoms. The minimum atomic E-state index is 0. The zero-order valence-electron chi connectivity index (χ0n) is 16.0. The Hall–Kier alpha value is -1.88.